The van der Waals surface area contributed by atoms with E-state index in [4.69, 9.17) is 4.74 Å². The first kappa shape index (κ1) is 14.5. The van der Waals surface area contributed by atoms with Gasteiger partial charge in [-0.05, 0) is 31.2 Å². The summed E-state index contributed by atoms with van der Waals surface area (Å²) in [4.78, 5) is 4.09. The van der Waals surface area contributed by atoms with E-state index in [9.17, 15) is 0 Å². The smallest absolute Gasteiger partial charge is 0.0730 e. The molecule has 3 atom stereocenters. The molecule has 0 spiro atoms. The van der Waals surface area contributed by atoms with Gasteiger partial charge in [0.15, 0.2) is 0 Å². The van der Waals surface area contributed by atoms with Crippen LogP contribution in [0.3, 0.4) is 0 Å². The minimum absolute atomic E-state index is 0.471. The lowest BCUT2D eigenvalue weighted by Crippen LogP contribution is -2.54. The number of hydrogen-bond donors (Lipinski definition) is 1. The molecule has 112 valence electrons. The van der Waals surface area contributed by atoms with Gasteiger partial charge in [0.25, 0.3) is 0 Å². The second-order valence-corrected chi connectivity index (χ2v) is 6.97. The number of hydrogen-bond acceptors (Lipinski definition) is 4. The molecule has 0 amide bonds. The van der Waals surface area contributed by atoms with Crippen LogP contribution in [-0.2, 0) is 4.74 Å². The largest absolute Gasteiger partial charge is 0.375 e. The Morgan fingerprint density at radius 3 is 3.20 bits per heavy atom. The van der Waals surface area contributed by atoms with Gasteiger partial charge >= 0.3 is 0 Å². The second kappa shape index (κ2) is 7.03. The predicted octanol–water partition coefficient (Wildman–Crippen LogP) is 3.04. The lowest BCUT2D eigenvalue weighted by atomic mass is 9.90. The first-order valence-electron chi connectivity index (χ1n) is 7.97. The van der Waals surface area contributed by atoms with Crippen LogP contribution in [0.15, 0.2) is 17.5 Å². The molecule has 1 aromatic rings. The van der Waals surface area contributed by atoms with Crippen LogP contribution in [0.1, 0.15) is 43.5 Å². The zero-order chi connectivity index (χ0) is 13.8. The zero-order valence-electron chi connectivity index (χ0n) is 12.4. The lowest BCUT2D eigenvalue weighted by Gasteiger charge is -2.44. The average molecular weight is 294 g/mol. The second-order valence-electron chi connectivity index (χ2n) is 5.99. The van der Waals surface area contributed by atoms with E-state index in [1.165, 1.54) is 30.6 Å². The Balaban J connectivity index is 1.45. The first-order chi connectivity index (χ1) is 9.84. The molecular weight excluding hydrogens is 268 g/mol. The van der Waals surface area contributed by atoms with E-state index in [-0.39, 0.29) is 0 Å². The number of fused-ring (bicyclic) bond motifs is 1. The molecule has 1 aliphatic heterocycles. The number of morpholine rings is 1. The molecule has 0 bridgehead atoms. The minimum Gasteiger partial charge on any atom is -0.375 e. The Labute approximate surface area is 126 Å². The summed E-state index contributed by atoms with van der Waals surface area (Å²) in [5.41, 5.74) is 0. The zero-order valence-corrected chi connectivity index (χ0v) is 13.2. The number of rotatable bonds is 5. The maximum absolute atomic E-state index is 5.94. The molecule has 3 nitrogen and oxygen atoms in total. The van der Waals surface area contributed by atoms with Gasteiger partial charge in [0.1, 0.15) is 0 Å². The van der Waals surface area contributed by atoms with E-state index in [1.807, 2.05) is 11.3 Å². The molecule has 2 aliphatic rings. The van der Waals surface area contributed by atoms with Crippen LogP contribution in [-0.4, -0.2) is 43.3 Å². The summed E-state index contributed by atoms with van der Waals surface area (Å²) in [5.74, 6) is 0. The highest BCUT2D eigenvalue weighted by atomic mass is 32.1. The molecule has 1 N–H and O–H groups in total. The standard InChI is InChI=1S/C16H26N2OS/c1-13(16-7-4-12-20-16)17-8-9-18-10-11-19-15-6-3-2-5-14(15)18/h4,7,12-15,17H,2-3,5-6,8-11H2,1H3. The van der Waals surface area contributed by atoms with Gasteiger partial charge in [-0.3, -0.25) is 4.90 Å². The summed E-state index contributed by atoms with van der Waals surface area (Å²) in [5, 5.41) is 5.81. The molecule has 1 aliphatic carbocycles. The fourth-order valence-electron chi connectivity index (χ4n) is 3.52. The Bertz CT molecular complexity index is 393. The van der Waals surface area contributed by atoms with Gasteiger partial charge in [-0.25, -0.2) is 0 Å². The average Bonchev–Trinajstić information content (AvgIpc) is 3.02. The van der Waals surface area contributed by atoms with E-state index in [1.54, 1.807) is 0 Å². The number of nitrogens with one attached hydrogen (secondary N) is 1. The van der Waals surface area contributed by atoms with Crippen molar-refractivity contribution in [3.05, 3.63) is 22.4 Å². The van der Waals surface area contributed by atoms with Crippen molar-refractivity contribution < 1.29 is 4.74 Å². The predicted molar refractivity (Wildman–Crippen MR) is 84.3 cm³/mol. The van der Waals surface area contributed by atoms with Gasteiger partial charge in [0.2, 0.25) is 0 Å². The van der Waals surface area contributed by atoms with Crippen molar-refractivity contribution in [3.8, 4) is 0 Å². The van der Waals surface area contributed by atoms with E-state index in [0.29, 0.717) is 18.2 Å². The van der Waals surface area contributed by atoms with Gasteiger partial charge in [-0.2, -0.15) is 0 Å². The summed E-state index contributed by atoms with van der Waals surface area (Å²) < 4.78 is 5.94. The third kappa shape index (κ3) is 3.42. The summed E-state index contributed by atoms with van der Waals surface area (Å²) >= 11 is 1.84. The molecule has 20 heavy (non-hydrogen) atoms. The molecule has 3 unspecified atom stereocenters. The van der Waals surface area contributed by atoms with Crippen molar-refractivity contribution in [2.45, 2.75) is 50.8 Å². The Morgan fingerprint density at radius 2 is 2.35 bits per heavy atom. The van der Waals surface area contributed by atoms with Gasteiger partial charge in [0.05, 0.1) is 12.7 Å². The van der Waals surface area contributed by atoms with Gasteiger partial charge < -0.3 is 10.1 Å². The molecular formula is C16H26N2OS. The number of ether oxygens (including phenoxy) is 1. The molecule has 4 heteroatoms. The Morgan fingerprint density at radius 1 is 1.45 bits per heavy atom. The summed E-state index contributed by atoms with van der Waals surface area (Å²) in [7, 11) is 0. The quantitative estimate of drug-likeness (QED) is 0.903. The van der Waals surface area contributed by atoms with E-state index >= 15 is 0 Å². The van der Waals surface area contributed by atoms with Crippen LogP contribution in [0.2, 0.25) is 0 Å². The van der Waals surface area contributed by atoms with Crippen molar-refractivity contribution in [3.63, 3.8) is 0 Å². The topological polar surface area (TPSA) is 24.5 Å². The summed E-state index contributed by atoms with van der Waals surface area (Å²) in [6.45, 7) is 6.51. The van der Waals surface area contributed by atoms with E-state index < -0.39 is 0 Å². The van der Waals surface area contributed by atoms with Gasteiger partial charge in [-0.15, -0.1) is 11.3 Å². The van der Waals surface area contributed by atoms with Gasteiger partial charge in [0, 0.05) is 36.6 Å². The van der Waals surface area contributed by atoms with Gasteiger partial charge in [-0.1, -0.05) is 18.9 Å². The maximum atomic E-state index is 5.94. The fraction of sp³-hybridized carbons (Fsp3) is 0.750. The molecule has 1 saturated carbocycles. The minimum atomic E-state index is 0.471. The molecule has 0 aromatic carbocycles. The monoisotopic (exact) mass is 294 g/mol. The lowest BCUT2D eigenvalue weighted by molar-refractivity contribution is -0.0874. The Kier molecular flexibility index (Phi) is 5.10. The first-order valence-corrected chi connectivity index (χ1v) is 8.85. The van der Waals surface area contributed by atoms with E-state index in [2.05, 4.69) is 34.7 Å². The van der Waals surface area contributed by atoms with Crippen molar-refractivity contribution in [1.29, 1.82) is 0 Å². The van der Waals surface area contributed by atoms with Crippen molar-refractivity contribution in [1.82, 2.24) is 10.2 Å². The number of nitrogens with zero attached hydrogens (tertiary/aromatic N) is 1. The summed E-state index contributed by atoms with van der Waals surface area (Å²) in [6.07, 6.45) is 5.82. The highest BCUT2D eigenvalue weighted by Gasteiger charge is 2.33. The molecule has 0 radical (unpaired) electrons. The molecule has 3 rings (SSSR count). The van der Waals surface area contributed by atoms with Crippen molar-refractivity contribution in [2.75, 3.05) is 26.2 Å². The van der Waals surface area contributed by atoms with Crippen LogP contribution in [0.4, 0.5) is 0 Å². The molecule has 2 fully saturated rings. The number of thiophene rings is 1. The highest BCUT2D eigenvalue weighted by Crippen LogP contribution is 2.28. The summed E-state index contributed by atoms with van der Waals surface area (Å²) in [6, 6.07) is 5.50. The molecule has 2 heterocycles. The van der Waals surface area contributed by atoms with Crippen LogP contribution < -0.4 is 5.32 Å². The highest BCUT2D eigenvalue weighted by molar-refractivity contribution is 7.10. The van der Waals surface area contributed by atoms with Crippen molar-refractivity contribution >= 4 is 11.3 Å². The normalized spacial score (nSPS) is 29.1. The van der Waals surface area contributed by atoms with E-state index in [0.717, 1.165) is 26.2 Å². The maximum Gasteiger partial charge on any atom is 0.0730 e. The Hall–Kier alpha value is -0.420. The third-order valence-electron chi connectivity index (χ3n) is 4.67. The SMILES string of the molecule is CC(NCCN1CCOC2CCCCC21)c1cccs1. The van der Waals surface area contributed by atoms with Crippen LogP contribution in [0.25, 0.3) is 0 Å². The van der Waals surface area contributed by atoms with Crippen LogP contribution in [0.5, 0.6) is 0 Å². The van der Waals surface area contributed by atoms with Crippen LogP contribution in [0, 0.1) is 0 Å². The fourth-order valence-corrected chi connectivity index (χ4v) is 4.28. The van der Waals surface area contributed by atoms with Crippen molar-refractivity contribution in [2.24, 2.45) is 0 Å². The molecule has 1 aromatic heterocycles. The third-order valence-corrected chi connectivity index (χ3v) is 5.72. The molecule has 1 saturated heterocycles. The van der Waals surface area contributed by atoms with Crippen LogP contribution >= 0.6 is 11.3 Å².